The molecule has 0 saturated carbocycles. The summed E-state index contributed by atoms with van der Waals surface area (Å²) in [6.07, 6.45) is 4.82. The number of carbonyl (C=O) groups is 2. The molecule has 3 aliphatic rings. The van der Waals surface area contributed by atoms with Crippen molar-refractivity contribution in [1.82, 2.24) is 20.1 Å². The van der Waals surface area contributed by atoms with Crippen LogP contribution in [-0.4, -0.2) is 71.0 Å². The molecule has 1 aromatic rings. The largest absolute Gasteiger partial charge is 0.376 e. The Balaban J connectivity index is 1.47. The van der Waals surface area contributed by atoms with Gasteiger partial charge < -0.3 is 15.0 Å². The van der Waals surface area contributed by atoms with E-state index in [9.17, 15) is 9.59 Å². The van der Waals surface area contributed by atoms with Crippen LogP contribution in [0.2, 0.25) is 0 Å². The number of rotatable bonds is 7. The molecule has 7 nitrogen and oxygen atoms in total. The van der Waals surface area contributed by atoms with Crippen molar-refractivity contribution in [3.63, 3.8) is 0 Å². The fraction of sp³-hybridized carbons (Fsp3) is 0.696. The highest BCUT2D eigenvalue weighted by Gasteiger charge is 2.51. The Hall–Kier alpha value is -1.99. The van der Waals surface area contributed by atoms with Crippen molar-refractivity contribution in [2.24, 2.45) is 11.8 Å². The van der Waals surface area contributed by atoms with Crippen LogP contribution in [0.5, 0.6) is 0 Å². The highest BCUT2D eigenvalue weighted by atomic mass is 16.5. The van der Waals surface area contributed by atoms with E-state index in [-0.39, 0.29) is 41.8 Å². The first-order valence-electron chi connectivity index (χ1n) is 11.3. The van der Waals surface area contributed by atoms with Crippen molar-refractivity contribution in [2.45, 2.75) is 64.3 Å². The molecule has 0 spiro atoms. The van der Waals surface area contributed by atoms with Crippen LogP contribution in [0.15, 0.2) is 24.4 Å². The van der Waals surface area contributed by atoms with Crippen LogP contribution in [0.4, 0.5) is 0 Å². The molecule has 0 unspecified atom stereocenters. The predicted molar refractivity (Wildman–Crippen MR) is 113 cm³/mol. The number of fused-ring (bicyclic) bond motifs is 1. The molecule has 2 amide bonds. The Morgan fingerprint density at radius 3 is 2.73 bits per heavy atom. The molecular formula is C23H34N4O3. The van der Waals surface area contributed by atoms with Gasteiger partial charge in [-0.15, -0.1) is 0 Å². The fourth-order valence-electron chi connectivity index (χ4n) is 5.38. The van der Waals surface area contributed by atoms with Crippen molar-refractivity contribution < 1.29 is 14.3 Å². The van der Waals surface area contributed by atoms with E-state index in [1.807, 2.05) is 43.1 Å². The number of amides is 2. The first kappa shape index (κ1) is 21.2. The monoisotopic (exact) mass is 414 g/mol. The third-order valence-electron chi connectivity index (χ3n) is 6.66. The van der Waals surface area contributed by atoms with E-state index in [1.165, 1.54) is 0 Å². The maximum Gasteiger partial charge on any atom is 0.225 e. The number of likely N-dealkylation sites (tertiary alicyclic amines) is 2. The van der Waals surface area contributed by atoms with Gasteiger partial charge in [0.05, 0.1) is 24.8 Å². The average Bonchev–Trinajstić information content (AvgIpc) is 3.43. The number of pyridine rings is 1. The maximum absolute atomic E-state index is 12.8. The van der Waals surface area contributed by atoms with Gasteiger partial charge >= 0.3 is 0 Å². The summed E-state index contributed by atoms with van der Waals surface area (Å²) in [5.74, 6) is 0.686. The smallest absolute Gasteiger partial charge is 0.225 e. The van der Waals surface area contributed by atoms with Gasteiger partial charge in [-0.25, -0.2) is 0 Å². The van der Waals surface area contributed by atoms with Gasteiger partial charge in [-0.2, -0.15) is 0 Å². The molecule has 3 fully saturated rings. The molecule has 0 bridgehead atoms. The molecule has 164 valence electrons. The van der Waals surface area contributed by atoms with Gasteiger partial charge in [-0.1, -0.05) is 6.07 Å². The third-order valence-corrected chi connectivity index (χ3v) is 6.66. The van der Waals surface area contributed by atoms with Crippen LogP contribution in [0.25, 0.3) is 0 Å². The van der Waals surface area contributed by atoms with Crippen molar-refractivity contribution in [3.8, 4) is 0 Å². The Morgan fingerprint density at radius 1 is 1.23 bits per heavy atom. The van der Waals surface area contributed by atoms with Crippen molar-refractivity contribution in [1.29, 1.82) is 0 Å². The lowest BCUT2D eigenvalue weighted by Crippen LogP contribution is -2.37. The lowest BCUT2D eigenvalue weighted by Gasteiger charge is -2.25. The number of hydrogen-bond acceptors (Lipinski definition) is 5. The zero-order chi connectivity index (χ0) is 21.1. The highest BCUT2D eigenvalue weighted by Crippen LogP contribution is 2.42. The molecule has 4 rings (SSSR count). The molecule has 0 aromatic carbocycles. The Bertz CT molecular complexity index is 735. The molecule has 30 heavy (non-hydrogen) atoms. The van der Waals surface area contributed by atoms with E-state index in [1.54, 1.807) is 0 Å². The molecule has 4 atom stereocenters. The number of nitrogens with zero attached hydrogens (tertiary/aromatic N) is 3. The van der Waals surface area contributed by atoms with E-state index in [2.05, 4.69) is 15.2 Å². The second-order valence-electron chi connectivity index (χ2n) is 9.25. The minimum absolute atomic E-state index is 0.0879. The lowest BCUT2D eigenvalue weighted by atomic mass is 9.84. The van der Waals surface area contributed by atoms with Gasteiger partial charge in [0.2, 0.25) is 11.8 Å². The van der Waals surface area contributed by atoms with E-state index >= 15 is 0 Å². The standard InChI is InChI=1S/C23H34N4O3/c1-16(2)25-21(28)11-17-13-27(14-18-7-3-4-8-24-18)19-15-30-20(23(17)19)12-22(29)26-9-5-6-10-26/h3-4,7-8,16-17,19-20,23H,5-6,9-15H2,1-2H3,(H,25,28)/t17-,19-,20+,23-/m1/s1. The van der Waals surface area contributed by atoms with Crippen LogP contribution in [0.1, 0.15) is 45.2 Å². The Labute approximate surface area is 179 Å². The SMILES string of the molecule is CC(C)NC(=O)C[C@@H]1CN(Cc2ccccn2)[C@@H]2CO[C@@H](CC(=O)N3CCCC3)[C@H]12. The van der Waals surface area contributed by atoms with Crippen LogP contribution in [0, 0.1) is 11.8 Å². The maximum atomic E-state index is 12.8. The Kier molecular flexibility index (Phi) is 6.68. The predicted octanol–water partition coefficient (Wildman–Crippen LogP) is 1.82. The first-order valence-corrected chi connectivity index (χ1v) is 11.3. The summed E-state index contributed by atoms with van der Waals surface area (Å²) in [6.45, 7) is 7.92. The number of aromatic nitrogens is 1. The summed E-state index contributed by atoms with van der Waals surface area (Å²) in [7, 11) is 0. The van der Waals surface area contributed by atoms with Gasteiger partial charge in [0.1, 0.15) is 0 Å². The van der Waals surface area contributed by atoms with Gasteiger partial charge in [-0.05, 0) is 44.7 Å². The van der Waals surface area contributed by atoms with E-state index in [0.29, 0.717) is 19.4 Å². The number of ether oxygens (including phenoxy) is 1. The second kappa shape index (κ2) is 9.43. The Morgan fingerprint density at radius 2 is 2.03 bits per heavy atom. The van der Waals surface area contributed by atoms with Crippen LogP contribution < -0.4 is 5.32 Å². The molecule has 0 aliphatic carbocycles. The lowest BCUT2D eigenvalue weighted by molar-refractivity contribution is -0.133. The van der Waals surface area contributed by atoms with Crippen molar-refractivity contribution in [3.05, 3.63) is 30.1 Å². The topological polar surface area (TPSA) is 74.8 Å². The number of hydrogen-bond donors (Lipinski definition) is 1. The van der Waals surface area contributed by atoms with E-state index in [4.69, 9.17) is 4.74 Å². The molecule has 1 N–H and O–H groups in total. The molecule has 1 aromatic heterocycles. The third kappa shape index (κ3) is 4.83. The second-order valence-corrected chi connectivity index (χ2v) is 9.25. The zero-order valence-corrected chi connectivity index (χ0v) is 18.1. The van der Waals surface area contributed by atoms with Crippen LogP contribution >= 0.6 is 0 Å². The van der Waals surface area contributed by atoms with E-state index < -0.39 is 0 Å². The van der Waals surface area contributed by atoms with Crippen LogP contribution in [-0.2, 0) is 20.9 Å². The highest BCUT2D eigenvalue weighted by molar-refractivity contribution is 5.77. The summed E-state index contributed by atoms with van der Waals surface area (Å²) >= 11 is 0. The first-order chi connectivity index (χ1) is 14.5. The van der Waals surface area contributed by atoms with Crippen LogP contribution in [0.3, 0.4) is 0 Å². The van der Waals surface area contributed by atoms with Gasteiger partial charge in [0.25, 0.3) is 0 Å². The summed E-state index contributed by atoms with van der Waals surface area (Å²) in [5.41, 5.74) is 1.03. The quantitative estimate of drug-likeness (QED) is 0.737. The fourth-order valence-corrected chi connectivity index (χ4v) is 5.38. The molecule has 0 radical (unpaired) electrons. The van der Waals surface area contributed by atoms with Crippen molar-refractivity contribution >= 4 is 11.8 Å². The van der Waals surface area contributed by atoms with E-state index in [0.717, 1.165) is 44.7 Å². The normalized spacial score (nSPS) is 28.8. The minimum Gasteiger partial charge on any atom is -0.376 e. The molecule has 3 saturated heterocycles. The summed E-state index contributed by atoms with van der Waals surface area (Å²) in [5, 5.41) is 3.03. The number of nitrogens with one attached hydrogen (secondary N) is 1. The van der Waals surface area contributed by atoms with Gasteiger partial charge in [-0.3, -0.25) is 19.5 Å². The molecule has 7 heteroatoms. The number of carbonyl (C=O) groups excluding carboxylic acids is 2. The zero-order valence-electron chi connectivity index (χ0n) is 18.1. The molecular weight excluding hydrogens is 380 g/mol. The summed E-state index contributed by atoms with van der Waals surface area (Å²) < 4.78 is 6.17. The molecule has 4 heterocycles. The summed E-state index contributed by atoms with van der Waals surface area (Å²) in [4.78, 5) is 34.2. The summed E-state index contributed by atoms with van der Waals surface area (Å²) in [6, 6.07) is 6.34. The van der Waals surface area contributed by atoms with Gasteiger partial charge in [0, 0.05) is 56.8 Å². The molecule has 3 aliphatic heterocycles. The average molecular weight is 415 g/mol. The minimum atomic E-state index is -0.103. The van der Waals surface area contributed by atoms with Gasteiger partial charge in [0.15, 0.2) is 0 Å². The van der Waals surface area contributed by atoms with Crippen molar-refractivity contribution in [2.75, 3.05) is 26.2 Å².